The summed E-state index contributed by atoms with van der Waals surface area (Å²) in [7, 11) is 0. The zero-order valence-electron chi connectivity index (χ0n) is 10.3. The van der Waals surface area contributed by atoms with E-state index in [0.29, 0.717) is 6.54 Å². The van der Waals surface area contributed by atoms with Gasteiger partial charge < -0.3 is 10.8 Å². The third kappa shape index (κ3) is 3.62. The van der Waals surface area contributed by atoms with Gasteiger partial charge in [-0.15, -0.1) is 0 Å². The number of hydrogen-bond donors (Lipinski definition) is 2. The zero-order chi connectivity index (χ0) is 12.0. The van der Waals surface area contributed by atoms with Crippen molar-refractivity contribution in [2.45, 2.75) is 45.1 Å². The van der Waals surface area contributed by atoms with Crippen LogP contribution in [0.15, 0.2) is 24.3 Å². The van der Waals surface area contributed by atoms with Gasteiger partial charge in [0, 0.05) is 12.5 Å². The fourth-order valence-electron chi connectivity index (χ4n) is 2.03. The predicted molar refractivity (Wildman–Crippen MR) is 68.5 cm³/mol. The van der Waals surface area contributed by atoms with Crippen LogP contribution in [0.4, 0.5) is 0 Å². The number of aryl methyl sites for hydroxylation is 1. The highest BCUT2D eigenvalue weighted by Gasteiger charge is 2.18. The Morgan fingerprint density at radius 1 is 1.38 bits per heavy atom. The second kappa shape index (κ2) is 6.66. The molecule has 2 heteroatoms. The summed E-state index contributed by atoms with van der Waals surface area (Å²) in [4.78, 5) is 0. The Morgan fingerprint density at radius 3 is 2.69 bits per heavy atom. The van der Waals surface area contributed by atoms with E-state index in [1.54, 1.807) is 0 Å². The van der Waals surface area contributed by atoms with Gasteiger partial charge in [-0.3, -0.25) is 0 Å². The van der Waals surface area contributed by atoms with Gasteiger partial charge in [-0.25, -0.2) is 0 Å². The van der Waals surface area contributed by atoms with Gasteiger partial charge in [0.2, 0.25) is 0 Å². The first-order chi connectivity index (χ1) is 7.69. The lowest BCUT2D eigenvalue weighted by molar-refractivity contribution is 0.133. The van der Waals surface area contributed by atoms with E-state index < -0.39 is 0 Å². The monoisotopic (exact) mass is 221 g/mol. The molecule has 0 amide bonds. The number of aliphatic hydroxyl groups is 1. The highest BCUT2D eigenvalue weighted by molar-refractivity contribution is 5.26. The van der Waals surface area contributed by atoms with Crippen molar-refractivity contribution >= 4 is 0 Å². The second-order valence-corrected chi connectivity index (χ2v) is 4.47. The van der Waals surface area contributed by atoms with Crippen molar-refractivity contribution in [1.29, 1.82) is 0 Å². The molecule has 2 nitrogen and oxygen atoms in total. The first-order valence-corrected chi connectivity index (χ1v) is 6.13. The van der Waals surface area contributed by atoms with Crippen molar-refractivity contribution in [3.05, 3.63) is 35.4 Å². The Labute approximate surface area is 98.5 Å². The summed E-state index contributed by atoms with van der Waals surface area (Å²) < 4.78 is 0. The second-order valence-electron chi connectivity index (χ2n) is 4.47. The summed E-state index contributed by atoms with van der Waals surface area (Å²) in [5.74, 6) is 0.0754. The number of hydrogen-bond acceptors (Lipinski definition) is 2. The summed E-state index contributed by atoms with van der Waals surface area (Å²) in [5.41, 5.74) is 8.15. The fourth-order valence-corrected chi connectivity index (χ4v) is 2.03. The van der Waals surface area contributed by atoms with E-state index in [1.807, 2.05) is 6.07 Å². The number of unbranched alkanes of at least 4 members (excludes halogenated alkanes) is 1. The molecule has 3 N–H and O–H groups in total. The summed E-state index contributed by atoms with van der Waals surface area (Å²) in [6.45, 7) is 4.71. The molecule has 0 aliphatic carbocycles. The minimum absolute atomic E-state index is 0.0754. The summed E-state index contributed by atoms with van der Waals surface area (Å²) in [5, 5.41) is 10.1. The highest BCUT2D eigenvalue weighted by atomic mass is 16.3. The molecule has 0 saturated carbocycles. The molecule has 0 aromatic heterocycles. The molecule has 0 bridgehead atoms. The molecule has 0 aliphatic rings. The molecule has 0 saturated heterocycles. The molecule has 1 aromatic rings. The molecule has 1 aromatic carbocycles. The minimum Gasteiger partial charge on any atom is -0.392 e. The number of nitrogens with two attached hydrogens (primary N) is 1. The largest absolute Gasteiger partial charge is 0.392 e. The van der Waals surface area contributed by atoms with E-state index in [2.05, 4.69) is 32.0 Å². The standard InChI is InChI=1S/C14H23NO/c1-3-4-8-14(16)13(10-15)12-7-5-6-11(2)9-12/h5-7,9,13-14,16H,3-4,8,10,15H2,1-2H3. The molecule has 0 aliphatic heterocycles. The molecule has 1 rings (SSSR count). The third-order valence-corrected chi connectivity index (χ3v) is 3.04. The van der Waals surface area contributed by atoms with Gasteiger partial charge in [0.25, 0.3) is 0 Å². The van der Waals surface area contributed by atoms with Gasteiger partial charge in [-0.1, -0.05) is 49.6 Å². The molecule has 0 radical (unpaired) electrons. The smallest absolute Gasteiger partial charge is 0.0620 e. The average Bonchev–Trinajstić information content (AvgIpc) is 2.27. The van der Waals surface area contributed by atoms with Crippen molar-refractivity contribution < 1.29 is 5.11 Å². The van der Waals surface area contributed by atoms with Crippen LogP contribution in [0.1, 0.15) is 43.2 Å². The van der Waals surface area contributed by atoms with Crippen molar-refractivity contribution in [1.82, 2.24) is 0 Å². The van der Waals surface area contributed by atoms with E-state index in [9.17, 15) is 5.11 Å². The van der Waals surface area contributed by atoms with Gasteiger partial charge in [-0.05, 0) is 18.9 Å². The molecule has 0 fully saturated rings. The third-order valence-electron chi connectivity index (χ3n) is 3.04. The maximum absolute atomic E-state index is 10.1. The molecule has 0 heterocycles. The lowest BCUT2D eigenvalue weighted by atomic mass is 9.90. The summed E-state index contributed by atoms with van der Waals surface area (Å²) in [6.07, 6.45) is 2.70. The van der Waals surface area contributed by atoms with Crippen molar-refractivity contribution in [2.24, 2.45) is 5.73 Å². The van der Waals surface area contributed by atoms with Crippen LogP contribution in [0.2, 0.25) is 0 Å². The Bertz CT molecular complexity index is 311. The van der Waals surface area contributed by atoms with Gasteiger partial charge in [-0.2, -0.15) is 0 Å². The number of rotatable bonds is 6. The zero-order valence-corrected chi connectivity index (χ0v) is 10.3. The highest BCUT2D eigenvalue weighted by Crippen LogP contribution is 2.22. The molecule has 2 unspecified atom stereocenters. The molecule has 90 valence electrons. The van der Waals surface area contributed by atoms with E-state index in [0.717, 1.165) is 24.8 Å². The summed E-state index contributed by atoms with van der Waals surface area (Å²) >= 11 is 0. The van der Waals surface area contributed by atoms with Gasteiger partial charge in [0.05, 0.1) is 6.10 Å². The lowest BCUT2D eigenvalue weighted by Crippen LogP contribution is -2.25. The fraction of sp³-hybridized carbons (Fsp3) is 0.571. The van der Waals surface area contributed by atoms with Crippen LogP contribution in [-0.4, -0.2) is 17.8 Å². The minimum atomic E-state index is -0.313. The van der Waals surface area contributed by atoms with Crippen LogP contribution in [-0.2, 0) is 0 Å². The first kappa shape index (κ1) is 13.2. The Kier molecular flexibility index (Phi) is 5.50. The number of aliphatic hydroxyl groups excluding tert-OH is 1. The van der Waals surface area contributed by atoms with Crippen LogP contribution in [0.25, 0.3) is 0 Å². The molecule has 16 heavy (non-hydrogen) atoms. The van der Waals surface area contributed by atoms with E-state index in [1.165, 1.54) is 5.56 Å². The Balaban J connectivity index is 2.73. The number of benzene rings is 1. The normalized spacial score (nSPS) is 14.8. The van der Waals surface area contributed by atoms with Gasteiger partial charge in [0.1, 0.15) is 0 Å². The van der Waals surface area contributed by atoms with Crippen LogP contribution in [0.5, 0.6) is 0 Å². The lowest BCUT2D eigenvalue weighted by Gasteiger charge is -2.22. The summed E-state index contributed by atoms with van der Waals surface area (Å²) in [6, 6.07) is 8.27. The van der Waals surface area contributed by atoms with Crippen molar-refractivity contribution in [3.63, 3.8) is 0 Å². The molecule has 0 spiro atoms. The van der Waals surface area contributed by atoms with Gasteiger partial charge in [0.15, 0.2) is 0 Å². The predicted octanol–water partition coefficient (Wildman–Crippen LogP) is 2.59. The van der Waals surface area contributed by atoms with Crippen LogP contribution >= 0.6 is 0 Å². The van der Waals surface area contributed by atoms with Crippen LogP contribution < -0.4 is 5.73 Å². The average molecular weight is 221 g/mol. The van der Waals surface area contributed by atoms with Crippen molar-refractivity contribution in [3.8, 4) is 0 Å². The van der Waals surface area contributed by atoms with E-state index in [-0.39, 0.29) is 12.0 Å². The van der Waals surface area contributed by atoms with E-state index >= 15 is 0 Å². The SMILES string of the molecule is CCCCC(O)C(CN)c1cccc(C)c1. The maximum atomic E-state index is 10.1. The Morgan fingerprint density at radius 2 is 2.12 bits per heavy atom. The topological polar surface area (TPSA) is 46.2 Å². The van der Waals surface area contributed by atoms with Crippen LogP contribution in [0.3, 0.4) is 0 Å². The van der Waals surface area contributed by atoms with Crippen LogP contribution in [0, 0.1) is 6.92 Å². The molecule has 2 atom stereocenters. The maximum Gasteiger partial charge on any atom is 0.0620 e. The van der Waals surface area contributed by atoms with E-state index in [4.69, 9.17) is 5.73 Å². The Hall–Kier alpha value is -0.860. The first-order valence-electron chi connectivity index (χ1n) is 6.13. The van der Waals surface area contributed by atoms with Gasteiger partial charge >= 0.3 is 0 Å². The quantitative estimate of drug-likeness (QED) is 0.775. The molecular formula is C14H23NO. The molecular weight excluding hydrogens is 198 g/mol. The van der Waals surface area contributed by atoms with Crippen molar-refractivity contribution in [2.75, 3.05) is 6.54 Å².